The molecule has 3 atom stereocenters. The Hall–Kier alpha value is -0.790. The number of hydrogen-bond acceptors (Lipinski definition) is 5. The van der Waals surface area contributed by atoms with Gasteiger partial charge in [0.25, 0.3) is 0 Å². The number of carboxylic acids is 2. The van der Waals surface area contributed by atoms with E-state index in [4.69, 9.17) is 11.5 Å². The highest BCUT2D eigenvalue weighted by atomic mass is 32.2. The molecule has 0 aromatic carbocycles. The lowest BCUT2D eigenvalue weighted by atomic mass is 9.76. The first kappa shape index (κ1) is 18.2. The van der Waals surface area contributed by atoms with Gasteiger partial charge in [-0.05, 0) is 18.6 Å². The van der Waals surface area contributed by atoms with E-state index in [2.05, 4.69) is 0 Å². The molecule has 6 nitrogen and oxygen atoms in total. The number of thioether (sulfide) groups is 1. The third-order valence-corrected chi connectivity index (χ3v) is 3.93. The Kier molecular flexibility index (Phi) is 7.39. The van der Waals surface area contributed by atoms with Crippen LogP contribution in [0.25, 0.3) is 0 Å². The summed E-state index contributed by atoms with van der Waals surface area (Å²) in [4.78, 5) is 22.8. The monoisotopic (exact) mass is 292 g/mol. The molecule has 0 rings (SSSR count). The Morgan fingerprint density at radius 3 is 2.11 bits per heavy atom. The maximum Gasteiger partial charge on any atom is 0.326 e. The zero-order valence-electron chi connectivity index (χ0n) is 11.6. The van der Waals surface area contributed by atoms with Gasteiger partial charge in [0, 0.05) is 11.8 Å². The van der Waals surface area contributed by atoms with E-state index in [1.807, 2.05) is 13.8 Å². The van der Waals surface area contributed by atoms with Gasteiger partial charge in [0.05, 0.1) is 5.92 Å². The second kappa shape index (κ2) is 7.72. The summed E-state index contributed by atoms with van der Waals surface area (Å²) in [5, 5.41) is 18.6. The minimum atomic E-state index is -1.94. The average Bonchev–Trinajstić information content (AvgIpc) is 2.27. The zero-order chi connectivity index (χ0) is 15.2. The lowest BCUT2D eigenvalue weighted by molar-refractivity contribution is -0.156. The molecule has 0 aromatic rings. The summed E-state index contributed by atoms with van der Waals surface area (Å²) in [5.41, 5.74) is 9.76. The van der Waals surface area contributed by atoms with Crippen molar-refractivity contribution >= 4 is 23.7 Å². The van der Waals surface area contributed by atoms with E-state index in [1.54, 1.807) is 6.26 Å². The van der Waals surface area contributed by atoms with Crippen LogP contribution in [0, 0.1) is 11.8 Å². The molecular formula is C12H24N2O4S. The molecule has 0 saturated carbocycles. The maximum absolute atomic E-state index is 11.5. The highest BCUT2D eigenvalue weighted by molar-refractivity contribution is 7.98. The van der Waals surface area contributed by atoms with Crippen LogP contribution in [0.4, 0.5) is 0 Å². The third kappa shape index (κ3) is 4.67. The summed E-state index contributed by atoms with van der Waals surface area (Å²) in [7, 11) is 0. The molecule has 0 aliphatic rings. The molecule has 0 unspecified atom stereocenters. The standard InChI is InChI=1S/C12H24N2O4S/c1-7(2)4-5-8(10(15)16)12(14,11(17)18)9(13)6-19-3/h7-9H,4-6,13-14H2,1-3H3,(H,15,16)(H,17,18)/t8-,9-,12+/m1/s1. The van der Waals surface area contributed by atoms with Gasteiger partial charge in [0.1, 0.15) is 5.54 Å². The molecule has 19 heavy (non-hydrogen) atoms. The molecule has 0 heterocycles. The zero-order valence-corrected chi connectivity index (χ0v) is 12.4. The number of nitrogens with two attached hydrogens (primary N) is 2. The number of rotatable bonds is 9. The van der Waals surface area contributed by atoms with Crippen LogP contribution in [0.3, 0.4) is 0 Å². The van der Waals surface area contributed by atoms with Crippen molar-refractivity contribution in [2.24, 2.45) is 23.3 Å². The normalized spacial score (nSPS) is 17.8. The Balaban J connectivity index is 5.27. The summed E-state index contributed by atoms with van der Waals surface area (Å²) in [6.45, 7) is 3.89. The summed E-state index contributed by atoms with van der Waals surface area (Å²) in [6, 6.07) is -0.909. The van der Waals surface area contributed by atoms with Crippen LogP contribution in [0.5, 0.6) is 0 Å². The SMILES string of the molecule is CSC[C@@H](N)[C@](N)(C(=O)O)[C@H](CCC(C)C)C(=O)O. The fourth-order valence-electron chi connectivity index (χ4n) is 1.95. The molecule has 0 bridgehead atoms. The Labute approximate surface area is 117 Å². The van der Waals surface area contributed by atoms with E-state index in [0.29, 0.717) is 12.2 Å². The quantitative estimate of drug-likeness (QED) is 0.490. The van der Waals surface area contributed by atoms with Gasteiger partial charge in [-0.15, -0.1) is 0 Å². The number of carbonyl (C=O) groups is 2. The molecule has 6 N–H and O–H groups in total. The molecular weight excluding hydrogens is 268 g/mol. The molecule has 7 heteroatoms. The van der Waals surface area contributed by atoms with Crippen molar-refractivity contribution in [3.63, 3.8) is 0 Å². The molecule has 0 saturated heterocycles. The predicted molar refractivity (Wildman–Crippen MR) is 76.1 cm³/mol. The van der Waals surface area contributed by atoms with Crippen molar-refractivity contribution in [2.45, 2.75) is 38.3 Å². The average molecular weight is 292 g/mol. The fraction of sp³-hybridized carbons (Fsp3) is 0.833. The van der Waals surface area contributed by atoms with Crippen molar-refractivity contribution in [2.75, 3.05) is 12.0 Å². The first-order valence-electron chi connectivity index (χ1n) is 6.17. The maximum atomic E-state index is 11.5. The summed E-state index contributed by atoms with van der Waals surface area (Å²) >= 11 is 1.35. The van der Waals surface area contributed by atoms with Gasteiger partial charge in [0.15, 0.2) is 0 Å². The molecule has 0 aromatic heterocycles. The van der Waals surface area contributed by atoms with Gasteiger partial charge < -0.3 is 21.7 Å². The van der Waals surface area contributed by atoms with Gasteiger partial charge in [-0.25, -0.2) is 0 Å². The number of carboxylic acid groups (broad SMARTS) is 2. The van der Waals surface area contributed by atoms with Crippen molar-refractivity contribution in [1.82, 2.24) is 0 Å². The van der Waals surface area contributed by atoms with Gasteiger partial charge in [-0.2, -0.15) is 11.8 Å². The van der Waals surface area contributed by atoms with Crippen LogP contribution >= 0.6 is 11.8 Å². The van der Waals surface area contributed by atoms with Crippen molar-refractivity contribution in [3.8, 4) is 0 Å². The van der Waals surface area contributed by atoms with E-state index in [0.717, 1.165) is 0 Å². The highest BCUT2D eigenvalue weighted by Crippen LogP contribution is 2.27. The second-order valence-electron chi connectivity index (χ2n) is 5.16. The van der Waals surface area contributed by atoms with Crippen LogP contribution in [0.2, 0.25) is 0 Å². The summed E-state index contributed by atoms with van der Waals surface area (Å²) in [6.07, 6.45) is 2.57. The van der Waals surface area contributed by atoms with Crippen LogP contribution in [-0.2, 0) is 9.59 Å². The lowest BCUT2D eigenvalue weighted by Gasteiger charge is -2.36. The fourth-order valence-corrected chi connectivity index (χ4v) is 2.59. The van der Waals surface area contributed by atoms with Crippen molar-refractivity contribution < 1.29 is 19.8 Å². The van der Waals surface area contributed by atoms with E-state index in [-0.39, 0.29) is 12.3 Å². The molecule has 0 radical (unpaired) electrons. The Morgan fingerprint density at radius 1 is 1.26 bits per heavy atom. The molecule has 0 spiro atoms. The summed E-state index contributed by atoms with van der Waals surface area (Å²) in [5.74, 6) is -3.17. The minimum Gasteiger partial charge on any atom is -0.481 e. The van der Waals surface area contributed by atoms with E-state index in [1.165, 1.54) is 11.8 Å². The van der Waals surface area contributed by atoms with Gasteiger partial charge in [-0.3, -0.25) is 9.59 Å². The highest BCUT2D eigenvalue weighted by Gasteiger charge is 2.50. The molecule has 0 fully saturated rings. The van der Waals surface area contributed by atoms with Crippen molar-refractivity contribution in [3.05, 3.63) is 0 Å². The number of hydrogen-bond donors (Lipinski definition) is 4. The van der Waals surface area contributed by atoms with Crippen LogP contribution in [-0.4, -0.2) is 45.7 Å². The van der Waals surface area contributed by atoms with Gasteiger partial charge in [0.2, 0.25) is 0 Å². The second-order valence-corrected chi connectivity index (χ2v) is 6.07. The molecule has 112 valence electrons. The predicted octanol–water partition coefficient (Wildman–Crippen LogP) is 0.596. The lowest BCUT2D eigenvalue weighted by Crippen LogP contribution is -2.67. The summed E-state index contributed by atoms with van der Waals surface area (Å²) < 4.78 is 0. The molecule has 0 aliphatic carbocycles. The third-order valence-electron chi connectivity index (χ3n) is 3.24. The van der Waals surface area contributed by atoms with Gasteiger partial charge >= 0.3 is 11.9 Å². The van der Waals surface area contributed by atoms with Crippen LogP contribution < -0.4 is 11.5 Å². The molecule has 0 aliphatic heterocycles. The van der Waals surface area contributed by atoms with E-state index >= 15 is 0 Å². The largest absolute Gasteiger partial charge is 0.481 e. The smallest absolute Gasteiger partial charge is 0.326 e. The first-order valence-corrected chi connectivity index (χ1v) is 7.56. The first-order chi connectivity index (χ1) is 8.67. The topological polar surface area (TPSA) is 127 Å². The minimum absolute atomic E-state index is 0.206. The Morgan fingerprint density at radius 2 is 1.79 bits per heavy atom. The van der Waals surface area contributed by atoms with Gasteiger partial charge in [-0.1, -0.05) is 20.3 Å². The van der Waals surface area contributed by atoms with E-state index < -0.39 is 29.4 Å². The van der Waals surface area contributed by atoms with Crippen LogP contribution in [0.1, 0.15) is 26.7 Å². The van der Waals surface area contributed by atoms with E-state index in [9.17, 15) is 19.8 Å². The molecule has 0 amide bonds. The van der Waals surface area contributed by atoms with Crippen LogP contribution in [0.15, 0.2) is 0 Å². The number of aliphatic carboxylic acids is 2. The Bertz CT molecular complexity index is 325. The van der Waals surface area contributed by atoms with Crippen molar-refractivity contribution in [1.29, 1.82) is 0 Å².